The Morgan fingerprint density at radius 3 is 2.60 bits per heavy atom. The quantitative estimate of drug-likeness (QED) is 0.933. The van der Waals surface area contributed by atoms with Crippen molar-refractivity contribution < 1.29 is 0 Å². The van der Waals surface area contributed by atoms with Gasteiger partial charge in [0.1, 0.15) is 17.5 Å². The fourth-order valence-corrected chi connectivity index (χ4v) is 2.38. The smallest absolute Gasteiger partial charge is 0.134 e. The molecule has 20 heavy (non-hydrogen) atoms. The molecule has 0 aliphatic heterocycles. The monoisotopic (exact) mass is 290 g/mol. The Bertz CT molecular complexity index is 600. The summed E-state index contributed by atoms with van der Waals surface area (Å²) in [6.45, 7) is 4.00. The van der Waals surface area contributed by atoms with Gasteiger partial charge in [0.25, 0.3) is 0 Å². The first-order chi connectivity index (χ1) is 9.52. The van der Waals surface area contributed by atoms with E-state index in [-0.39, 0.29) is 6.04 Å². The molecule has 1 N–H and O–H groups in total. The molecule has 4 nitrogen and oxygen atoms in total. The van der Waals surface area contributed by atoms with Crippen molar-refractivity contribution in [2.45, 2.75) is 19.9 Å². The Labute approximate surface area is 124 Å². The van der Waals surface area contributed by atoms with Gasteiger partial charge in [-0.1, -0.05) is 29.8 Å². The van der Waals surface area contributed by atoms with Crippen LogP contribution in [0.5, 0.6) is 0 Å². The van der Waals surface area contributed by atoms with Crippen LogP contribution >= 0.6 is 11.6 Å². The maximum Gasteiger partial charge on any atom is 0.134 e. The van der Waals surface area contributed by atoms with Crippen molar-refractivity contribution in [3.05, 3.63) is 46.7 Å². The minimum absolute atomic E-state index is 0.128. The summed E-state index contributed by atoms with van der Waals surface area (Å²) in [5, 5.41) is 3.82. The molecular formula is C15H19ClN4. The number of hydrogen-bond acceptors (Lipinski definition) is 4. The number of nitrogens with zero attached hydrogens (tertiary/aromatic N) is 3. The molecule has 106 valence electrons. The van der Waals surface area contributed by atoms with E-state index in [2.05, 4.69) is 27.1 Å². The van der Waals surface area contributed by atoms with Gasteiger partial charge < -0.3 is 10.2 Å². The number of nitrogens with one attached hydrogen (secondary N) is 1. The standard InChI is InChI=1S/C15H19ClN4/c1-10(12-7-5-6-8-13(12)16)20(4)15-9-14(17-3)18-11(2)19-15/h5-10H,1-4H3,(H,17,18,19). The van der Waals surface area contributed by atoms with Crippen LogP contribution in [0.4, 0.5) is 11.6 Å². The van der Waals surface area contributed by atoms with Gasteiger partial charge in [-0.25, -0.2) is 9.97 Å². The Hall–Kier alpha value is -1.81. The van der Waals surface area contributed by atoms with Crippen molar-refractivity contribution in [1.29, 1.82) is 0 Å². The molecule has 0 radical (unpaired) electrons. The highest BCUT2D eigenvalue weighted by molar-refractivity contribution is 6.31. The summed E-state index contributed by atoms with van der Waals surface area (Å²) in [5.41, 5.74) is 1.08. The predicted octanol–water partition coefficient (Wildman–Crippen LogP) is 3.68. The molecule has 0 aliphatic rings. The fourth-order valence-electron chi connectivity index (χ4n) is 2.08. The second kappa shape index (κ2) is 6.09. The normalized spacial score (nSPS) is 12.1. The van der Waals surface area contributed by atoms with Gasteiger partial charge in [0.05, 0.1) is 6.04 Å². The van der Waals surface area contributed by atoms with Gasteiger partial charge in [-0.05, 0) is 25.5 Å². The third kappa shape index (κ3) is 3.02. The largest absolute Gasteiger partial charge is 0.373 e. The van der Waals surface area contributed by atoms with E-state index in [0.29, 0.717) is 0 Å². The van der Waals surface area contributed by atoms with Crippen LogP contribution in [0.3, 0.4) is 0 Å². The van der Waals surface area contributed by atoms with Crippen LogP contribution in [0.1, 0.15) is 24.4 Å². The minimum Gasteiger partial charge on any atom is -0.373 e. The molecule has 0 bridgehead atoms. The molecule has 0 fully saturated rings. The van der Waals surface area contributed by atoms with Crippen LogP contribution in [0, 0.1) is 6.92 Å². The molecular weight excluding hydrogens is 272 g/mol. The number of rotatable bonds is 4. The zero-order valence-corrected chi connectivity index (χ0v) is 12.9. The number of anilines is 2. The van der Waals surface area contributed by atoms with Crippen molar-refractivity contribution in [3.8, 4) is 0 Å². The SMILES string of the molecule is CNc1cc(N(C)C(C)c2ccccc2Cl)nc(C)n1. The maximum absolute atomic E-state index is 6.27. The molecule has 0 amide bonds. The molecule has 2 rings (SSSR count). The van der Waals surface area contributed by atoms with Gasteiger partial charge in [0.15, 0.2) is 0 Å². The third-order valence-corrected chi connectivity index (χ3v) is 3.72. The minimum atomic E-state index is 0.128. The average Bonchev–Trinajstić information content (AvgIpc) is 2.45. The number of aromatic nitrogens is 2. The zero-order valence-electron chi connectivity index (χ0n) is 12.2. The van der Waals surface area contributed by atoms with Crippen LogP contribution in [0.2, 0.25) is 5.02 Å². The second-order valence-corrected chi connectivity index (χ2v) is 5.12. The van der Waals surface area contributed by atoms with Gasteiger partial charge >= 0.3 is 0 Å². The van der Waals surface area contributed by atoms with Gasteiger partial charge in [0, 0.05) is 25.2 Å². The van der Waals surface area contributed by atoms with E-state index in [9.17, 15) is 0 Å². The number of benzene rings is 1. The van der Waals surface area contributed by atoms with E-state index < -0.39 is 0 Å². The van der Waals surface area contributed by atoms with Crippen LogP contribution < -0.4 is 10.2 Å². The predicted molar refractivity (Wildman–Crippen MR) is 84.6 cm³/mol. The Kier molecular flexibility index (Phi) is 4.45. The van der Waals surface area contributed by atoms with Crippen molar-refractivity contribution in [2.75, 3.05) is 24.3 Å². The van der Waals surface area contributed by atoms with E-state index in [1.807, 2.05) is 51.4 Å². The lowest BCUT2D eigenvalue weighted by Crippen LogP contribution is -2.23. The molecule has 1 atom stereocenters. The van der Waals surface area contributed by atoms with Crippen molar-refractivity contribution in [2.24, 2.45) is 0 Å². The molecule has 0 saturated heterocycles. The molecule has 0 aliphatic carbocycles. The lowest BCUT2D eigenvalue weighted by molar-refractivity contribution is 0.725. The molecule has 1 heterocycles. The van der Waals surface area contributed by atoms with Crippen molar-refractivity contribution >= 4 is 23.2 Å². The van der Waals surface area contributed by atoms with Crippen LogP contribution in [-0.4, -0.2) is 24.1 Å². The molecule has 1 unspecified atom stereocenters. The van der Waals surface area contributed by atoms with E-state index in [1.165, 1.54) is 0 Å². The van der Waals surface area contributed by atoms with E-state index in [1.54, 1.807) is 0 Å². The van der Waals surface area contributed by atoms with E-state index in [4.69, 9.17) is 11.6 Å². The van der Waals surface area contributed by atoms with Gasteiger partial charge in [-0.15, -0.1) is 0 Å². The fraction of sp³-hybridized carbons (Fsp3) is 0.333. The first kappa shape index (κ1) is 14.6. The number of aryl methyl sites for hydroxylation is 1. The van der Waals surface area contributed by atoms with Crippen molar-refractivity contribution in [3.63, 3.8) is 0 Å². The molecule has 1 aromatic heterocycles. The average molecular weight is 291 g/mol. The highest BCUT2D eigenvalue weighted by Gasteiger charge is 2.16. The van der Waals surface area contributed by atoms with Crippen LogP contribution in [-0.2, 0) is 0 Å². The molecule has 0 spiro atoms. The van der Waals surface area contributed by atoms with E-state index in [0.717, 1.165) is 28.0 Å². The highest BCUT2D eigenvalue weighted by atomic mass is 35.5. The number of hydrogen-bond donors (Lipinski definition) is 1. The van der Waals surface area contributed by atoms with E-state index >= 15 is 0 Å². The Balaban J connectivity index is 2.33. The lowest BCUT2D eigenvalue weighted by atomic mass is 10.1. The summed E-state index contributed by atoms with van der Waals surface area (Å²) in [5.74, 6) is 2.42. The number of halogens is 1. The first-order valence-electron chi connectivity index (χ1n) is 6.53. The first-order valence-corrected chi connectivity index (χ1v) is 6.91. The molecule has 1 aromatic carbocycles. The van der Waals surface area contributed by atoms with Crippen LogP contribution in [0.15, 0.2) is 30.3 Å². The summed E-state index contributed by atoms with van der Waals surface area (Å²) in [6.07, 6.45) is 0. The van der Waals surface area contributed by atoms with Gasteiger partial charge in [0.2, 0.25) is 0 Å². The highest BCUT2D eigenvalue weighted by Crippen LogP contribution is 2.29. The Morgan fingerprint density at radius 2 is 1.95 bits per heavy atom. The molecule has 0 saturated carbocycles. The summed E-state index contributed by atoms with van der Waals surface area (Å²) in [6, 6.07) is 9.94. The Morgan fingerprint density at radius 1 is 1.25 bits per heavy atom. The topological polar surface area (TPSA) is 41.0 Å². The van der Waals surface area contributed by atoms with Crippen molar-refractivity contribution in [1.82, 2.24) is 9.97 Å². The lowest BCUT2D eigenvalue weighted by Gasteiger charge is -2.27. The third-order valence-electron chi connectivity index (χ3n) is 3.38. The summed E-state index contributed by atoms with van der Waals surface area (Å²) >= 11 is 6.27. The van der Waals surface area contributed by atoms with Gasteiger partial charge in [-0.2, -0.15) is 0 Å². The molecule has 2 aromatic rings. The summed E-state index contributed by atoms with van der Waals surface area (Å²) in [4.78, 5) is 10.9. The summed E-state index contributed by atoms with van der Waals surface area (Å²) < 4.78 is 0. The molecule has 5 heteroatoms. The summed E-state index contributed by atoms with van der Waals surface area (Å²) in [7, 11) is 3.86. The second-order valence-electron chi connectivity index (χ2n) is 4.72. The maximum atomic E-state index is 6.27. The van der Waals surface area contributed by atoms with Gasteiger partial charge in [-0.3, -0.25) is 0 Å². The van der Waals surface area contributed by atoms with Crippen LogP contribution in [0.25, 0.3) is 0 Å². The zero-order chi connectivity index (χ0) is 14.7.